The molecule has 0 atom stereocenters. The zero-order valence-electron chi connectivity index (χ0n) is 48.0. The molecule has 70 heavy (non-hydrogen) atoms. The Balaban J connectivity index is 0.000000261. The van der Waals surface area contributed by atoms with Gasteiger partial charge in [-0.1, -0.05) is 0 Å². The molecule has 4 heteroatoms. The molecule has 0 nitrogen and oxygen atoms in total. The predicted octanol–water partition coefficient (Wildman–Crippen LogP) is 17.2. The van der Waals surface area contributed by atoms with Crippen molar-refractivity contribution in [3.05, 3.63) is 142 Å². The molecule has 0 aliphatic carbocycles. The van der Waals surface area contributed by atoms with Gasteiger partial charge in [0.05, 0.1) is 0 Å². The molecule has 0 N–H and O–H groups in total. The van der Waals surface area contributed by atoms with Crippen molar-refractivity contribution >= 4 is 78.7 Å². The van der Waals surface area contributed by atoms with E-state index < -0.39 is 16.1 Å². The molecule has 0 aliphatic rings. The third-order valence-electron chi connectivity index (χ3n) is 14.7. The van der Waals surface area contributed by atoms with Crippen molar-refractivity contribution in [1.82, 2.24) is 0 Å². The van der Waals surface area contributed by atoms with Crippen molar-refractivity contribution in [3.8, 4) is 44.5 Å². The van der Waals surface area contributed by atoms with Crippen LogP contribution < -0.4 is 17.5 Å². The Bertz CT molecular complexity index is 2300. The van der Waals surface area contributed by atoms with Gasteiger partial charge in [-0.3, -0.25) is 0 Å². The van der Waals surface area contributed by atoms with Crippen molar-refractivity contribution in [1.29, 1.82) is 0 Å². The molecule has 0 heterocycles. The minimum atomic E-state index is -1.55. The van der Waals surface area contributed by atoms with Gasteiger partial charge in [-0.15, -0.1) is 0 Å². The molecule has 372 valence electrons. The summed E-state index contributed by atoms with van der Waals surface area (Å²) in [6, 6.07) is 38.4. The Morgan fingerprint density at radius 2 is 0.414 bits per heavy atom. The molecule has 6 rings (SSSR count). The van der Waals surface area contributed by atoms with E-state index >= 15 is 0 Å². The normalized spacial score (nSPS) is 12.5. The van der Waals surface area contributed by atoms with E-state index in [1.54, 1.807) is 17.5 Å². The van der Waals surface area contributed by atoms with Gasteiger partial charge < -0.3 is 0 Å². The first-order valence-corrected chi connectivity index (χ1v) is 37.2. The Hall–Kier alpha value is -2.65. The molecule has 4 radical (unpaired) electrons. The van der Waals surface area contributed by atoms with Crippen molar-refractivity contribution in [2.24, 2.45) is 0 Å². The van der Waals surface area contributed by atoms with Gasteiger partial charge in [0, 0.05) is 0 Å². The van der Waals surface area contributed by atoms with E-state index in [1.807, 2.05) is 0 Å². The maximum atomic E-state index is 2.59. The molecule has 0 saturated heterocycles. The first-order chi connectivity index (χ1) is 32.5. The monoisotopic (exact) mass is 1180 g/mol. The van der Waals surface area contributed by atoms with Crippen LogP contribution in [0.3, 0.4) is 0 Å². The van der Waals surface area contributed by atoms with Gasteiger partial charge in [0.15, 0.2) is 0 Å². The number of hydrogen-bond acceptors (Lipinski definition) is 0. The SMILES string of the molecule is CC(C)c1cccc(C(C)C)c1-c1cc([Si](C)(C)C)cc(-c2c(C(C)C)cccc2C(C)C)[c]1[SnH].CC(C)c1cccc(C(C)C)c1-c1cc([Si](C)(C)C)cc(-c2c(C(C)C)cccc2C(C)C)[c]1[SnH]. The van der Waals surface area contributed by atoms with E-state index in [9.17, 15) is 0 Å². The van der Waals surface area contributed by atoms with Crippen LogP contribution in [-0.4, -0.2) is 61.2 Å². The molecule has 0 saturated carbocycles. The summed E-state index contributed by atoms with van der Waals surface area (Å²) in [5, 5.41) is 3.14. The standard InChI is InChI=1S/2C33H45Si.2Sn.2H/c2*1-21(2)28-14-12-15-29(22(3)4)32(28)25-18-26(20-27(19-25)34(9,10)11)33-30(23(5)6)16-13-17-31(33)24(7)8;;;;/h2*12-17,19-24H,1-11H3;;;;. The third kappa shape index (κ3) is 12.8. The van der Waals surface area contributed by atoms with Crippen LogP contribution in [0.25, 0.3) is 44.5 Å². The summed E-state index contributed by atoms with van der Waals surface area (Å²) in [4.78, 5) is 0. The van der Waals surface area contributed by atoms with Crippen LogP contribution in [0.15, 0.2) is 97.1 Å². The number of rotatable bonds is 14. The summed E-state index contributed by atoms with van der Waals surface area (Å²) in [6.07, 6.45) is 0. The van der Waals surface area contributed by atoms with E-state index in [4.69, 9.17) is 0 Å². The quantitative estimate of drug-likeness (QED) is 0.0954. The van der Waals surface area contributed by atoms with Crippen LogP contribution in [0.2, 0.25) is 39.3 Å². The van der Waals surface area contributed by atoms with Crippen LogP contribution in [0.1, 0.15) is 203 Å². The number of benzene rings is 6. The van der Waals surface area contributed by atoms with Crippen LogP contribution in [-0.2, 0) is 0 Å². The Kier molecular flexibility index (Phi) is 19.7. The Morgan fingerprint density at radius 3 is 0.529 bits per heavy atom. The van der Waals surface area contributed by atoms with E-state index in [2.05, 4.69) is 247 Å². The molecule has 0 bridgehead atoms. The Labute approximate surface area is 458 Å². The zero-order chi connectivity index (χ0) is 52.5. The van der Waals surface area contributed by atoms with Gasteiger partial charge >= 0.3 is 462 Å². The molecule has 0 unspecified atom stereocenters. The fraction of sp³-hybridized carbons (Fsp3) is 0.455. The molecule has 6 aromatic rings. The van der Waals surface area contributed by atoms with Gasteiger partial charge in [0.1, 0.15) is 0 Å². The van der Waals surface area contributed by atoms with Gasteiger partial charge in [0.25, 0.3) is 0 Å². The van der Waals surface area contributed by atoms with Crippen LogP contribution >= 0.6 is 0 Å². The predicted molar refractivity (Wildman–Crippen MR) is 327 cm³/mol. The minimum absolute atomic E-state index is 0.497. The fourth-order valence-corrected chi connectivity index (χ4v) is 15.4. The Morgan fingerprint density at radius 1 is 0.271 bits per heavy atom. The number of hydrogen-bond donors (Lipinski definition) is 0. The van der Waals surface area contributed by atoms with Crippen LogP contribution in [0, 0.1) is 0 Å². The molecule has 0 aliphatic heterocycles. The second kappa shape index (κ2) is 23.7. The van der Waals surface area contributed by atoms with Gasteiger partial charge in [0.2, 0.25) is 0 Å². The summed E-state index contributed by atoms with van der Waals surface area (Å²) in [6.45, 7) is 52.6. The van der Waals surface area contributed by atoms with E-state index in [1.165, 1.54) is 89.0 Å². The first kappa shape index (κ1) is 58.2. The van der Waals surface area contributed by atoms with E-state index in [-0.39, 0.29) is 0 Å². The first-order valence-electron chi connectivity index (χ1n) is 26.9. The molecule has 0 amide bonds. The van der Waals surface area contributed by atoms with Gasteiger partial charge in [-0.2, -0.15) is 0 Å². The molecule has 0 aromatic heterocycles. The average molecular weight is 1180 g/mol. The zero-order valence-corrected chi connectivity index (χ0v) is 56.6. The third-order valence-corrected chi connectivity index (χ3v) is 22.3. The van der Waals surface area contributed by atoms with E-state index in [0.717, 1.165) is 45.0 Å². The van der Waals surface area contributed by atoms with Crippen molar-refractivity contribution in [2.45, 2.75) is 197 Å². The van der Waals surface area contributed by atoms with Crippen LogP contribution in [0.4, 0.5) is 0 Å². The summed E-state index contributed by atoms with van der Waals surface area (Å²) < 4.78 is 3.12. The second-order valence-corrected chi connectivity index (χ2v) is 38.4. The van der Waals surface area contributed by atoms with Gasteiger partial charge in [-0.25, -0.2) is 0 Å². The molecular formula is C66H92Si2Sn2. The molecule has 0 fully saturated rings. The average Bonchev–Trinajstić information content (AvgIpc) is 3.27. The topological polar surface area (TPSA) is 0 Å². The fourth-order valence-electron chi connectivity index (χ4n) is 10.4. The summed E-state index contributed by atoms with van der Waals surface area (Å²) in [5.41, 5.74) is 24.0. The van der Waals surface area contributed by atoms with Crippen molar-refractivity contribution in [3.63, 3.8) is 0 Å². The van der Waals surface area contributed by atoms with Crippen molar-refractivity contribution < 1.29 is 0 Å². The van der Waals surface area contributed by atoms with Crippen molar-refractivity contribution in [2.75, 3.05) is 0 Å². The maximum absolute atomic E-state index is 2.59. The molecule has 6 aromatic carbocycles. The van der Waals surface area contributed by atoms with Gasteiger partial charge in [-0.05, 0) is 0 Å². The summed E-state index contributed by atoms with van der Waals surface area (Å²) >= 11 is 2.22. The molecular weight excluding hydrogens is 1090 g/mol. The van der Waals surface area contributed by atoms with E-state index in [0.29, 0.717) is 47.3 Å². The molecule has 0 spiro atoms. The summed E-state index contributed by atoms with van der Waals surface area (Å²) in [7, 11) is -3.10. The second-order valence-electron chi connectivity index (χ2n) is 25.0. The summed E-state index contributed by atoms with van der Waals surface area (Å²) in [5.74, 6) is 3.98. The van der Waals surface area contributed by atoms with Crippen LogP contribution in [0.5, 0.6) is 0 Å².